The largest absolute Gasteiger partial charge is 0.356 e. The first-order valence-electron chi connectivity index (χ1n) is 9.18. The van der Waals surface area contributed by atoms with Crippen molar-refractivity contribution < 1.29 is 23.4 Å². The maximum absolute atomic E-state index is 11.7. The first-order chi connectivity index (χ1) is 11.3. The molecular formula is C17H37N2O4S+. The number of carbonyl (C=O) groups excluding carboxylic acids is 1. The third kappa shape index (κ3) is 15.1. The molecule has 0 rings (SSSR count). The van der Waals surface area contributed by atoms with Crippen molar-refractivity contribution in [2.75, 3.05) is 27.2 Å². The van der Waals surface area contributed by atoms with Gasteiger partial charge in [-0.25, -0.2) is 9.42 Å². The molecule has 0 aromatic heterocycles. The first-order valence-corrected chi connectivity index (χ1v) is 10.4. The molecule has 0 spiro atoms. The van der Waals surface area contributed by atoms with Gasteiger partial charge >= 0.3 is 0 Å². The Morgan fingerprint density at radius 3 is 2.29 bits per heavy atom. The highest BCUT2D eigenvalue weighted by atomic mass is 32.2. The lowest BCUT2D eigenvalue weighted by Crippen LogP contribution is -2.38. The highest BCUT2D eigenvalue weighted by molar-refractivity contribution is 7.79. The van der Waals surface area contributed by atoms with Gasteiger partial charge in [-0.05, 0) is 19.3 Å². The van der Waals surface area contributed by atoms with Gasteiger partial charge in [-0.1, -0.05) is 39.0 Å². The third-order valence-corrected chi connectivity index (χ3v) is 5.07. The van der Waals surface area contributed by atoms with Crippen molar-refractivity contribution in [3.63, 3.8) is 0 Å². The smallest absolute Gasteiger partial charge is 0.219 e. The van der Waals surface area contributed by atoms with E-state index in [1.165, 1.54) is 0 Å². The van der Waals surface area contributed by atoms with Crippen LogP contribution in [0.15, 0.2) is 0 Å². The summed E-state index contributed by atoms with van der Waals surface area (Å²) in [6.07, 6.45) is 8.91. The monoisotopic (exact) mass is 365 g/mol. The molecule has 2 atom stereocenters. The van der Waals surface area contributed by atoms with Crippen molar-refractivity contribution in [2.45, 2.75) is 76.4 Å². The van der Waals surface area contributed by atoms with Gasteiger partial charge in [0.1, 0.15) is 6.54 Å². The highest BCUT2D eigenvalue weighted by Gasteiger charge is 2.13. The lowest BCUT2D eigenvalue weighted by molar-refractivity contribution is -1.07. The molecule has 3 N–H and O–H groups in total. The second-order valence-corrected chi connectivity index (χ2v) is 8.26. The number of nitrogens with one attached hydrogen (secondary N) is 1. The first kappa shape index (κ1) is 23.5. The molecule has 0 aromatic carbocycles. The molecule has 0 radical (unpaired) electrons. The molecule has 0 aliphatic heterocycles. The molecule has 0 aliphatic carbocycles. The van der Waals surface area contributed by atoms with E-state index in [1.807, 2.05) is 6.92 Å². The van der Waals surface area contributed by atoms with Crippen molar-refractivity contribution >= 4 is 17.0 Å². The summed E-state index contributed by atoms with van der Waals surface area (Å²) < 4.78 is 20.3. The summed E-state index contributed by atoms with van der Waals surface area (Å²) in [6, 6.07) is 0. The fraction of sp³-hybridized carbons (Fsp3) is 0.941. The van der Waals surface area contributed by atoms with Crippen molar-refractivity contribution in [1.29, 1.82) is 0 Å². The van der Waals surface area contributed by atoms with Crippen LogP contribution in [0.3, 0.4) is 0 Å². The fourth-order valence-corrected chi connectivity index (χ4v) is 3.44. The van der Waals surface area contributed by atoms with Crippen LogP contribution in [0, 0.1) is 0 Å². The van der Waals surface area contributed by atoms with Crippen LogP contribution in [-0.2, 0) is 15.9 Å². The predicted molar refractivity (Wildman–Crippen MR) is 98.2 cm³/mol. The van der Waals surface area contributed by atoms with Crippen LogP contribution in [0.4, 0.5) is 0 Å². The van der Waals surface area contributed by atoms with Gasteiger partial charge in [0, 0.05) is 19.4 Å². The number of nitrogens with zero attached hydrogens (tertiary/aromatic N) is 1. The van der Waals surface area contributed by atoms with E-state index in [2.05, 4.69) is 5.32 Å². The minimum Gasteiger partial charge on any atom is -0.356 e. The average Bonchev–Trinajstić information content (AvgIpc) is 2.48. The molecule has 24 heavy (non-hydrogen) atoms. The van der Waals surface area contributed by atoms with Crippen LogP contribution in [-0.4, -0.2) is 57.0 Å². The van der Waals surface area contributed by atoms with E-state index >= 15 is 0 Å². The van der Waals surface area contributed by atoms with Gasteiger partial charge < -0.3 is 9.87 Å². The Morgan fingerprint density at radius 2 is 1.71 bits per heavy atom. The molecule has 144 valence electrons. The highest BCUT2D eigenvalue weighted by Crippen LogP contribution is 2.14. The summed E-state index contributed by atoms with van der Waals surface area (Å²) in [4.78, 5) is 11.7. The summed E-state index contributed by atoms with van der Waals surface area (Å²) in [5, 5.41) is 12.3. The lowest BCUT2D eigenvalue weighted by atomic mass is 10.1. The summed E-state index contributed by atoms with van der Waals surface area (Å²) in [7, 11) is 3.43. The van der Waals surface area contributed by atoms with E-state index in [0.29, 0.717) is 19.5 Å². The van der Waals surface area contributed by atoms with Gasteiger partial charge in [0.05, 0.1) is 19.3 Å². The maximum atomic E-state index is 11.7. The number of amides is 1. The minimum atomic E-state index is -1.70. The van der Waals surface area contributed by atoms with Gasteiger partial charge in [0.2, 0.25) is 5.91 Å². The second kappa shape index (κ2) is 13.8. The quantitative estimate of drug-likeness (QED) is 0.180. The number of hydroxylamine groups is 3. The van der Waals surface area contributed by atoms with Gasteiger partial charge in [-0.2, -0.15) is 4.65 Å². The van der Waals surface area contributed by atoms with Crippen LogP contribution in [0.1, 0.15) is 71.1 Å². The molecule has 0 fully saturated rings. The third-order valence-electron chi connectivity index (χ3n) is 4.03. The van der Waals surface area contributed by atoms with E-state index in [4.69, 9.17) is 0 Å². The maximum Gasteiger partial charge on any atom is 0.219 e. The van der Waals surface area contributed by atoms with E-state index in [9.17, 15) is 18.8 Å². The van der Waals surface area contributed by atoms with Crippen LogP contribution in [0.25, 0.3) is 0 Å². The van der Waals surface area contributed by atoms with Crippen molar-refractivity contribution in [1.82, 2.24) is 5.32 Å². The fourth-order valence-electron chi connectivity index (χ4n) is 2.64. The molecule has 0 saturated carbocycles. The zero-order chi connectivity index (χ0) is 18.4. The van der Waals surface area contributed by atoms with Gasteiger partial charge in [0.15, 0.2) is 11.1 Å². The zero-order valence-electron chi connectivity index (χ0n) is 15.6. The molecule has 0 aliphatic rings. The van der Waals surface area contributed by atoms with E-state index in [0.717, 1.165) is 57.8 Å². The molecule has 0 saturated heterocycles. The van der Waals surface area contributed by atoms with Crippen LogP contribution in [0.5, 0.6) is 0 Å². The Morgan fingerprint density at radius 1 is 1.08 bits per heavy atom. The number of unbranched alkanes of at least 4 members (excludes halogenated alkanes) is 4. The van der Waals surface area contributed by atoms with Gasteiger partial charge in [-0.3, -0.25) is 4.79 Å². The number of rotatable bonds is 15. The predicted octanol–water partition coefficient (Wildman–Crippen LogP) is 3.08. The lowest BCUT2D eigenvalue weighted by Gasteiger charge is -2.19. The topological polar surface area (TPSA) is 86.6 Å². The van der Waals surface area contributed by atoms with Gasteiger partial charge in [0.25, 0.3) is 0 Å². The SMILES string of the molecule is CCCC(CCCCCCCC(=O)NCCC[N+](C)(C)O)S(=O)O. The summed E-state index contributed by atoms with van der Waals surface area (Å²) >= 11 is -1.70. The molecule has 6 nitrogen and oxygen atoms in total. The molecular weight excluding hydrogens is 328 g/mol. The second-order valence-electron chi connectivity index (χ2n) is 7.04. The van der Waals surface area contributed by atoms with E-state index < -0.39 is 11.1 Å². The van der Waals surface area contributed by atoms with Crippen molar-refractivity contribution in [2.24, 2.45) is 0 Å². The Balaban J connectivity index is 3.49. The van der Waals surface area contributed by atoms with Crippen LogP contribution < -0.4 is 5.32 Å². The molecule has 1 amide bonds. The Labute approximate surface area is 149 Å². The average molecular weight is 366 g/mol. The Hall–Kier alpha value is -0.500. The normalized spacial score (nSPS) is 14.4. The van der Waals surface area contributed by atoms with Gasteiger partial charge in [-0.15, -0.1) is 0 Å². The number of hydrogen-bond acceptors (Lipinski definition) is 3. The zero-order valence-corrected chi connectivity index (χ0v) is 16.4. The van der Waals surface area contributed by atoms with Crippen molar-refractivity contribution in [3.05, 3.63) is 0 Å². The summed E-state index contributed by atoms with van der Waals surface area (Å²) in [5.74, 6) is 0.0805. The number of carbonyl (C=O) groups is 1. The van der Waals surface area contributed by atoms with Crippen LogP contribution >= 0.6 is 0 Å². The molecule has 0 aromatic rings. The number of quaternary nitrogens is 1. The molecule has 0 heterocycles. The van der Waals surface area contributed by atoms with E-state index in [-0.39, 0.29) is 15.8 Å². The van der Waals surface area contributed by atoms with Crippen LogP contribution in [0.2, 0.25) is 0 Å². The number of hydrogen-bond donors (Lipinski definition) is 3. The molecule has 0 bridgehead atoms. The minimum absolute atomic E-state index is 0.0706. The Bertz CT molecular complexity index is 359. The van der Waals surface area contributed by atoms with Crippen molar-refractivity contribution in [3.8, 4) is 0 Å². The molecule has 7 heteroatoms. The van der Waals surface area contributed by atoms with E-state index in [1.54, 1.807) is 14.1 Å². The summed E-state index contributed by atoms with van der Waals surface area (Å²) in [6.45, 7) is 3.27. The summed E-state index contributed by atoms with van der Waals surface area (Å²) in [5.41, 5.74) is 0. The standard InChI is InChI=1S/C17H36N2O4S/c1-4-11-16(24(22)23)12-8-6-5-7-9-13-17(20)18-14-10-15-19(2,3)21/h16,21H,4-15H2,1-3H3,(H-,18,20,22,23)/p+1. The molecule has 2 unspecified atom stereocenters. The Kier molecular flexibility index (Phi) is 13.5.